The number of amides is 2. The number of benzene rings is 1. The van der Waals surface area contributed by atoms with Crippen LogP contribution >= 0.6 is 0 Å². The molecule has 0 spiro atoms. The van der Waals surface area contributed by atoms with Gasteiger partial charge in [-0.05, 0) is 23.3 Å². The summed E-state index contributed by atoms with van der Waals surface area (Å²) < 4.78 is 0. The topological polar surface area (TPSA) is 173 Å². The number of hydrogen-bond acceptors (Lipinski definition) is 7. The van der Waals surface area contributed by atoms with Crippen LogP contribution < -0.4 is 21.7 Å². The minimum absolute atomic E-state index is 0.0512. The van der Waals surface area contributed by atoms with Crippen molar-refractivity contribution < 1.29 is 19.8 Å². The van der Waals surface area contributed by atoms with Crippen LogP contribution in [0.3, 0.4) is 0 Å². The quantitative estimate of drug-likeness (QED) is 0.175. The summed E-state index contributed by atoms with van der Waals surface area (Å²) in [5.74, 6) is -1.06. The number of aromatic nitrogens is 1. The SMILES string of the molecule is N=C(N)c1ccc(CNC(C(=O)NCC(=O)NCc2ccncc2)C(O)CO)cc1. The van der Waals surface area contributed by atoms with E-state index in [1.807, 2.05) is 0 Å². The molecule has 0 saturated heterocycles. The molecule has 2 rings (SSSR count). The van der Waals surface area contributed by atoms with E-state index in [1.165, 1.54) is 0 Å². The number of nitrogen functional groups attached to an aromatic ring is 1. The lowest BCUT2D eigenvalue weighted by atomic mass is 10.1. The fourth-order valence-electron chi connectivity index (χ4n) is 2.58. The molecule has 0 saturated carbocycles. The minimum Gasteiger partial charge on any atom is -0.394 e. The number of nitrogens with two attached hydrogens (primary N) is 1. The predicted molar refractivity (Wildman–Crippen MR) is 110 cm³/mol. The van der Waals surface area contributed by atoms with Gasteiger partial charge in [0.05, 0.1) is 13.2 Å². The summed E-state index contributed by atoms with van der Waals surface area (Å²) in [4.78, 5) is 28.2. The molecule has 0 bridgehead atoms. The van der Waals surface area contributed by atoms with Gasteiger partial charge in [-0.3, -0.25) is 25.3 Å². The average Bonchev–Trinajstić information content (AvgIpc) is 2.77. The van der Waals surface area contributed by atoms with Gasteiger partial charge in [0.15, 0.2) is 0 Å². The number of aliphatic hydroxyl groups excluding tert-OH is 2. The Balaban J connectivity index is 1.85. The van der Waals surface area contributed by atoms with Crippen molar-refractivity contribution >= 4 is 17.6 Å². The van der Waals surface area contributed by atoms with Gasteiger partial charge in [0.1, 0.15) is 18.0 Å². The highest BCUT2D eigenvalue weighted by atomic mass is 16.3. The van der Waals surface area contributed by atoms with Crippen LogP contribution in [0.2, 0.25) is 0 Å². The van der Waals surface area contributed by atoms with Gasteiger partial charge in [-0.2, -0.15) is 0 Å². The van der Waals surface area contributed by atoms with Crippen molar-refractivity contribution in [2.24, 2.45) is 5.73 Å². The molecule has 2 atom stereocenters. The second kappa shape index (κ2) is 11.6. The average molecular weight is 414 g/mol. The number of amidine groups is 1. The Morgan fingerprint density at radius 1 is 1.03 bits per heavy atom. The Kier molecular flexibility index (Phi) is 8.88. The summed E-state index contributed by atoms with van der Waals surface area (Å²) in [6.45, 7) is -0.369. The monoisotopic (exact) mass is 414 g/mol. The highest BCUT2D eigenvalue weighted by Gasteiger charge is 2.26. The van der Waals surface area contributed by atoms with Gasteiger partial charge < -0.3 is 26.6 Å². The fourth-order valence-corrected chi connectivity index (χ4v) is 2.58. The molecule has 30 heavy (non-hydrogen) atoms. The Morgan fingerprint density at radius 2 is 1.67 bits per heavy atom. The third-order valence-electron chi connectivity index (χ3n) is 4.31. The van der Waals surface area contributed by atoms with E-state index in [4.69, 9.17) is 11.1 Å². The molecule has 0 radical (unpaired) electrons. The molecule has 160 valence electrons. The molecular formula is C20H26N6O4. The number of carbonyl (C=O) groups is 2. The van der Waals surface area contributed by atoms with E-state index in [0.29, 0.717) is 12.1 Å². The van der Waals surface area contributed by atoms with Crippen molar-refractivity contribution in [2.45, 2.75) is 25.2 Å². The number of nitrogens with zero attached hydrogens (tertiary/aromatic N) is 1. The Labute approximate surface area is 174 Å². The molecule has 1 heterocycles. The molecule has 2 unspecified atom stereocenters. The maximum absolute atomic E-state index is 12.4. The van der Waals surface area contributed by atoms with Crippen molar-refractivity contribution in [3.05, 3.63) is 65.5 Å². The van der Waals surface area contributed by atoms with E-state index in [2.05, 4.69) is 20.9 Å². The number of aliphatic hydroxyl groups is 2. The highest BCUT2D eigenvalue weighted by molar-refractivity contribution is 5.94. The number of carbonyl (C=O) groups excluding carboxylic acids is 2. The summed E-state index contributed by atoms with van der Waals surface area (Å²) >= 11 is 0. The van der Waals surface area contributed by atoms with Crippen LogP contribution in [0.1, 0.15) is 16.7 Å². The second-order valence-electron chi connectivity index (χ2n) is 6.57. The lowest BCUT2D eigenvalue weighted by molar-refractivity contribution is -0.129. The second-order valence-corrected chi connectivity index (χ2v) is 6.57. The molecule has 0 fully saturated rings. The van der Waals surface area contributed by atoms with E-state index in [0.717, 1.165) is 11.1 Å². The normalized spacial score (nSPS) is 12.6. The van der Waals surface area contributed by atoms with Gasteiger partial charge in [-0.1, -0.05) is 24.3 Å². The van der Waals surface area contributed by atoms with E-state index in [-0.39, 0.29) is 18.9 Å². The lowest BCUT2D eigenvalue weighted by Gasteiger charge is -2.22. The standard InChI is InChI=1S/C20H26N6O4/c21-19(22)15-3-1-13(2-4-15)10-25-18(16(28)12-27)20(30)26-11-17(29)24-9-14-5-7-23-8-6-14/h1-8,16,18,25,27-28H,9-12H2,(H3,21,22)(H,24,29)(H,26,30). The number of rotatable bonds is 11. The molecule has 2 amide bonds. The molecule has 1 aromatic heterocycles. The third kappa shape index (κ3) is 7.24. The zero-order chi connectivity index (χ0) is 21.9. The zero-order valence-corrected chi connectivity index (χ0v) is 16.3. The van der Waals surface area contributed by atoms with Crippen molar-refractivity contribution in [1.29, 1.82) is 5.41 Å². The predicted octanol–water partition coefficient (Wildman–Crippen LogP) is -1.39. The summed E-state index contributed by atoms with van der Waals surface area (Å²) in [6, 6.07) is 9.22. The molecular weight excluding hydrogens is 388 g/mol. The molecule has 10 nitrogen and oxygen atoms in total. The Bertz CT molecular complexity index is 844. The van der Waals surface area contributed by atoms with E-state index in [1.54, 1.807) is 48.8 Å². The summed E-state index contributed by atoms with van der Waals surface area (Å²) in [5.41, 5.74) is 7.65. The Hall–Kier alpha value is -3.34. The fraction of sp³-hybridized carbons (Fsp3) is 0.300. The third-order valence-corrected chi connectivity index (χ3v) is 4.31. The van der Waals surface area contributed by atoms with Crippen LogP contribution in [-0.2, 0) is 22.7 Å². The largest absolute Gasteiger partial charge is 0.394 e. The zero-order valence-electron chi connectivity index (χ0n) is 16.3. The van der Waals surface area contributed by atoms with E-state index >= 15 is 0 Å². The molecule has 2 aromatic rings. The lowest BCUT2D eigenvalue weighted by Crippen LogP contribution is -2.53. The van der Waals surface area contributed by atoms with Crippen LogP contribution in [0.15, 0.2) is 48.8 Å². The van der Waals surface area contributed by atoms with Crippen LogP contribution in [-0.4, -0.2) is 58.1 Å². The smallest absolute Gasteiger partial charge is 0.240 e. The maximum atomic E-state index is 12.4. The summed E-state index contributed by atoms with van der Waals surface area (Å²) in [7, 11) is 0. The molecule has 10 heteroatoms. The first-order chi connectivity index (χ1) is 14.4. The van der Waals surface area contributed by atoms with Crippen molar-refractivity contribution in [2.75, 3.05) is 13.2 Å². The highest BCUT2D eigenvalue weighted by Crippen LogP contribution is 2.05. The van der Waals surface area contributed by atoms with Gasteiger partial charge in [0.25, 0.3) is 0 Å². The first-order valence-electron chi connectivity index (χ1n) is 9.29. The number of pyridine rings is 1. The van der Waals surface area contributed by atoms with Crippen molar-refractivity contribution in [1.82, 2.24) is 20.9 Å². The molecule has 0 aliphatic carbocycles. The molecule has 8 N–H and O–H groups in total. The van der Waals surface area contributed by atoms with Crippen LogP contribution in [0.5, 0.6) is 0 Å². The summed E-state index contributed by atoms with van der Waals surface area (Å²) in [6.07, 6.45) is 1.88. The maximum Gasteiger partial charge on any atom is 0.240 e. The van der Waals surface area contributed by atoms with Crippen LogP contribution in [0, 0.1) is 5.41 Å². The molecule has 0 aliphatic heterocycles. The molecule has 1 aromatic carbocycles. The van der Waals surface area contributed by atoms with E-state index < -0.39 is 30.6 Å². The van der Waals surface area contributed by atoms with E-state index in [9.17, 15) is 19.8 Å². The minimum atomic E-state index is -1.35. The number of hydrogen-bond donors (Lipinski definition) is 7. The van der Waals surface area contributed by atoms with Crippen molar-refractivity contribution in [3.63, 3.8) is 0 Å². The Morgan fingerprint density at radius 3 is 2.27 bits per heavy atom. The van der Waals surface area contributed by atoms with Crippen LogP contribution in [0.4, 0.5) is 0 Å². The van der Waals surface area contributed by atoms with Crippen molar-refractivity contribution in [3.8, 4) is 0 Å². The first-order valence-corrected chi connectivity index (χ1v) is 9.29. The van der Waals surface area contributed by atoms with Gasteiger partial charge in [-0.25, -0.2) is 0 Å². The number of nitrogens with one attached hydrogen (secondary N) is 4. The first kappa shape index (κ1) is 22.9. The van der Waals surface area contributed by atoms with Gasteiger partial charge in [0, 0.05) is 31.0 Å². The van der Waals surface area contributed by atoms with Gasteiger partial charge >= 0.3 is 0 Å². The van der Waals surface area contributed by atoms with Gasteiger partial charge in [0.2, 0.25) is 11.8 Å². The van der Waals surface area contributed by atoms with Crippen LogP contribution in [0.25, 0.3) is 0 Å². The summed E-state index contributed by atoms with van der Waals surface area (Å²) in [5, 5.41) is 34.6. The van der Waals surface area contributed by atoms with Gasteiger partial charge in [-0.15, -0.1) is 0 Å². The molecule has 0 aliphatic rings.